The van der Waals surface area contributed by atoms with Crippen LogP contribution in [0.25, 0.3) is 0 Å². The number of aromatic nitrogens is 1. The summed E-state index contributed by atoms with van der Waals surface area (Å²) in [7, 11) is -3.56. The van der Waals surface area contributed by atoms with Crippen LogP contribution in [0.2, 0.25) is 0 Å². The van der Waals surface area contributed by atoms with Gasteiger partial charge in [-0.2, -0.15) is 0 Å². The van der Waals surface area contributed by atoms with Gasteiger partial charge in [0.2, 0.25) is 10.0 Å². The molecule has 0 unspecified atom stereocenters. The number of sulfonamides is 1. The summed E-state index contributed by atoms with van der Waals surface area (Å²) in [5.41, 5.74) is 4.23. The number of hydrogen-bond acceptors (Lipinski definition) is 5. The van der Waals surface area contributed by atoms with E-state index in [9.17, 15) is 13.2 Å². The number of pyridine rings is 1. The molecular weight excluding hydrogens is 414 g/mol. The highest BCUT2D eigenvalue weighted by Crippen LogP contribution is 2.36. The van der Waals surface area contributed by atoms with Gasteiger partial charge in [0.25, 0.3) is 5.91 Å². The minimum atomic E-state index is -3.56. The van der Waals surface area contributed by atoms with Crippen LogP contribution < -0.4 is 14.4 Å². The average Bonchev–Trinajstić information content (AvgIpc) is 2.74. The van der Waals surface area contributed by atoms with Crippen molar-refractivity contribution in [3.05, 3.63) is 83.7 Å². The quantitative estimate of drug-likeness (QED) is 0.662. The molecule has 2 heterocycles. The Balaban J connectivity index is 1.48. The molecule has 3 aromatic rings. The van der Waals surface area contributed by atoms with Crippen LogP contribution in [0.5, 0.6) is 5.75 Å². The number of aryl methyl sites for hydroxylation is 1. The fraction of sp³-hybridized carbons (Fsp3) is 0.217. The van der Waals surface area contributed by atoms with Crippen LogP contribution in [-0.2, 0) is 21.2 Å². The van der Waals surface area contributed by atoms with E-state index >= 15 is 0 Å². The van der Waals surface area contributed by atoms with Crippen LogP contribution in [0.4, 0.5) is 11.4 Å². The zero-order chi connectivity index (χ0) is 22.0. The van der Waals surface area contributed by atoms with Gasteiger partial charge >= 0.3 is 0 Å². The van der Waals surface area contributed by atoms with Crippen molar-refractivity contribution in [3.8, 4) is 5.75 Å². The normalized spacial score (nSPS) is 15.7. The Morgan fingerprint density at radius 3 is 2.45 bits per heavy atom. The highest BCUT2D eigenvalue weighted by molar-refractivity contribution is 7.92. The molecule has 0 aliphatic carbocycles. The molecule has 1 aromatic heterocycles. The summed E-state index contributed by atoms with van der Waals surface area (Å²) in [5, 5.41) is 2.82. The van der Waals surface area contributed by atoms with Crippen LogP contribution in [-0.4, -0.2) is 38.2 Å². The maximum absolute atomic E-state index is 12.8. The second-order valence-electron chi connectivity index (χ2n) is 7.59. The summed E-state index contributed by atoms with van der Waals surface area (Å²) in [6, 6.07) is 16.7. The van der Waals surface area contributed by atoms with Crippen molar-refractivity contribution in [2.24, 2.45) is 0 Å². The summed E-state index contributed by atoms with van der Waals surface area (Å²) in [5.74, 6) is -0.0211. The summed E-state index contributed by atoms with van der Waals surface area (Å²) >= 11 is 0. The fourth-order valence-electron chi connectivity index (χ4n) is 3.48. The van der Waals surface area contributed by atoms with E-state index in [4.69, 9.17) is 4.74 Å². The third-order valence-corrected chi connectivity index (χ3v) is 6.20. The molecule has 1 aliphatic heterocycles. The molecule has 160 valence electrons. The lowest BCUT2D eigenvalue weighted by atomic mass is 10.1. The van der Waals surface area contributed by atoms with E-state index in [1.165, 1.54) is 4.31 Å². The summed E-state index contributed by atoms with van der Waals surface area (Å²) < 4.78 is 31.6. The van der Waals surface area contributed by atoms with Crippen LogP contribution in [0.1, 0.15) is 16.7 Å². The highest BCUT2D eigenvalue weighted by atomic mass is 32.2. The van der Waals surface area contributed by atoms with Gasteiger partial charge in [0.05, 0.1) is 18.5 Å². The molecule has 1 atom stereocenters. The Bertz CT molecular complexity index is 1200. The third-order valence-electron chi connectivity index (χ3n) is 5.06. The number of nitrogens with one attached hydrogen (secondary N) is 1. The smallest absolute Gasteiger partial charge is 0.267 e. The monoisotopic (exact) mass is 437 g/mol. The lowest BCUT2D eigenvalue weighted by Gasteiger charge is -2.34. The number of anilines is 2. The van der Waals surface area contributed by atoms with Gasteiger partial charge in [0, 0.05) is 18.1 Å². The Hall–Kier alpha value is -3.39. The average molecular weight is 438 g/mol. The van der Waals surface area contributed by atoms with Gasteiger partial charge in [0.15, 0.2) is 6.10 Å². The molecule has 0 radical (unpaired) electrons. The number of fused-ring (bicyclic) bond motifs is 1. The van der Waals surface area contributed by atoms with E-state index in [-0.39, 0.29) is 6.54 Å². The van der Waals surface area contributed by atoms with Crippen molar-refractivity contribution in [2.75, 3.05) is 22.4 Å². The molecule has 0 saturated carbocycles. The molecule has 1 amide bonds. The molecule has 0 saturated heterocycles. The Kier molecular flexibility index (Phi) is 5.65. The number of ether oxygens (including phenoxy) is 1. The van der Waals surface area contributed by atoms with Gasteiger partial charge in [-0.05, 0) is 66.4 Å². The van der Waals surface area contributed by atoms with Crippen LogP contribution in [0.15, 0.2) is 67.0 Å². The van der Waals surface area contributed by atoms with Crippen molar-refractivity contribution >= 4 is 27.3 Å². The van der Waals surface area contributed by atoms with E-state index in [2.05, 4.69) is 10.3 Å². The van der Waals surface area contributed by atoms with Gasteiger partial charge in [-0.25, -0.2) is 8.42 Å². The minimum Gasteiger partial charge on any atom is -0.476 e. The van der Waals surface area contributed by atoms with Crippen LogP contribution in [0, 0.1) is 6.92 Å². The molecular formula is C23H23N3O4S. The van der Waals surface area contributed by atoms with Crippen LogP contribution >= 0.6 is 0 Å². The maximum Gasteiger partial charge on any atom is 0.267 e. The van der Waals surface area contributed by atoms with E-state index in [0.717, 1.165) is 29.4 Å². The van der Waals surface area contributed by atoms with Crippen molar-refractivity contribution in [3.63, 3.8) is 0 Å². The largest absolute Gasteiger partial charge is 0.476 e. The number of amides is 1. The molecule has 0 fully saturated rings. The number of carbonyl (C=O) groups excluding carboxylic acids is 1. The van der Waals surface area contributed by atoms with E-state index in [1.54, 1.807) is 24.5 Å². The van der Waals surface area contributed by atoms with Gasteiger partial charge in [-0.1, -0.05) is 18.2 Å². The SMILES string of the molecule is Cc1ccc2c(c1)O[C@H](C(=O)Nc1ccc(Cc3ccncc3)cc1)CN2S(C)(=O)=O. The second-order valence-corrected chi connectivity index (χ2v) is 9.50. The number of benzene rings is 2. The molecule has 2 aromatic carbocycles. The number of hydrogen-bond donors (Lipinski definition) is 1. The molecule has 8 heteroatoms. The molecule has 0 spiro atoms. The Morgan fingerprint density at radius 1 is 1.10 bits per heavy atom. The van der Waals surface area contributed by atoms with Gasteiger partial charge in [0.1, 0.15) is 5.75 Å². The summed E-state index contributed by atoms with van der Waals surface area (Å²) in [6.07, 6.45) is 4.45. The van der Waals surface area contributed by atoms with Crippen molar-refractivity contribution in [2.45, 2.75) is 19.4 Å². The zero-order valence-electron chi connectivity index (χ0n) is 17.3. The first-order valence-electron chi connectivity index (χ1n) is 9.83. The first-order valence-corrected chi connectivity index (χ1v) is 11.7. The van der Waals surface area contributed by atoms with Gasteiger partial charge < -0.3 is 10.1 Å². The van der Waals surface area contributed by atoms with E-state index in [1.807, 2.05) is 49.4 Å². The Morgan fingerprint density at radius 2 is 1.77 bits per heavy atom. The molecule has 1 aliphatic rings. The molecule has 1 N–H and O–H groups in total. The number of carbonyl (C=O) groups is 1. The van der Waals surface area contributed by atoms with Crippen molar-refractivity contribution < 1.29 is 17.9 Å². The third kappa shape index (κ3) is 4.86. The van der Waals surface area contributed by atoms with E-state index in [0.29, 0.717) is 17.1 Å². The molecule has 0 bridgehead atoms. The number of rotatable bonds is 5. The summed E-state index contributed by atoms with van der Waals surface area (Å²) in [6.45, 7) is 1.80. The zero-order valence-corrected chi connectivity index (χ0v) is 18.1. The highest BCUT2D eigenvalue weighted by Gasteiger charge is 2.35. The topological polar surface area (TPSA) is 88.6 Å². The maximum atomic E-state index is 12.8. The first-order chi connectivity index (χ1) is 14.8. The Labute approximate surface area is 181 Å². The van der Waals surface area contributed by atoms with Crippen molar-refractivity contribution in [1.82, 2.24) is 4.98 Å². The predicted molar refractivity (Wildman–Crippen MR) is 120 cm³/mol. The van der Waals surface area contributed by atoms with Crippen LogP contribution in [0.3, 0.4) is 0 Å². The minimum absolute atomic E-state index is 0.0825. The molecule has 31 heavy (non-hydrogen) atoms. The van der Waals surface area contributed by atoms with Gasteiger partial charge in [-0.15, -0.1) is 0 Å². The molecule has 4 rings (SSSR count). The van der Waals surface area contributed by atoms with Crippen molar-refractivity contribution in [1.29, 1.82) is 0 Å². The molecule has 7 nitrogen and oxygen atoms in total. The fourth-order valence-corrected chi connectivity index (χ4v) is 4.39. The standard InChI is InChI=1S/C23H23N3O4S/c1-16-3-8-20-21(13-16)30-22(15-26(20)31(2,28)29)23(27)25-19-6-4-17(5-7-19)14-18-9-11-24-12-10-18/h3-13,22H,14-15H2,1-2H3,(H,25,27)/t22-/m0/s1. The predicted octanol–water partition coefficient (Wildman–Crippen LogP) is 3.15. The summed E-state index contributed by atoms with van der Waals surface area (Å²) in [4.78, 5) is 16.9. The van der Waals surface area contributed by atoms with E-state index < -0.39 is 22.0 Å². The second kappa shape index (κ2) is 8.39. The van der Waals surface area contributed by atoms with Gasteiger partial charge in [-0.3, -0.25) is 14.1 Å². The number of nitrogens with zero attached hydrogens (tertiary/aromatic N) is 2. The lowest BCUT2D eigenvalue weighted by Crippen LogP contribution is -2.48. The lowest BCUT2D eigenvalue weighted by molar-refractivity contribution is -0.122. The first kappa shape index (κ1) is 20.9.